The average Bonchev–Trinajstić information content (AvgIpc) is 2.67. The number of rotatable bonds is 4. The maximum Gasteiger partial charge on any atom is 0.224 e. The molecular weight excluding hydrogens is 298 g/mol. The summed E-state index contributed by atoms with van der Waals surface area (Å²) in [6.45, 7) is 1.59. The highest BCUT2D eigenvalue weighted by Gasteiger charge is 2.18. The van der Waals surface area contributed by atoms with Crippen LogP contribution in [0.15, 0.2) is 60.9 Å². The first kappa shape index (κ1) is 14.6. The maximum atomic E-state index is 4.69. The zero-order chi connectivity index (χ0) is 16.2. The standard InChI is InChI=1S/C19H19N5/c1-2-9-17-15(6-1)7-5-13-24(17)18-10-12-21-19(23-18)22-14-16-8-3-4-11-20-16/h1-4,6,8-12H,5,7,13-14H2,(H,21,22,23). The molecule has 5 nitrogen and oxygen atoms in total. The van der Waals surface area contributed by atoms with E-state index >= 15 is 0 Å². The molecule has 1 aliphatic rings. The van der Waals surface area contributed by atoms with Crippen molar-refractivity contribution in [1.82, 2.24) is 15.0 Å². The minimum Gasteiger partial charge on any atom is -0.349 e. The zero-order valence-corrected chi connectivity index (χ0v) is 13.4. The summed E-state index contributed by atoms with van der Waals surface area (Å²) in [5, 5.41) is 3.25. The van der Waals surface area contributed by atoms with E-state index in [0.717, 1.165) is 30.9 Å². The maximum absolute atomic E-state index is 4.69. The first-order chi connectivity index (χ1) is 11.9. The molecule has 0 radical (unpaired) electrons. The molecule has 120 valence electrons. The molecule has 0 atom stereocenters. The molecule has 1 aromatic carbocycles. The number of nitrogens with zero attached hydrogens (tertiary/aromatic N) is 4. The van der Waals surface area contributed by atoms with Gasteiger partial charge in [-0.2, -0.15) is 4.98 Å². The van der Waals surface area contributed by atoms with Gasteiger partial charge in [0.25, 0.3) is 0 Å². The Labute approximate surface area is 141 Å². The van der Waals surface area contributed by atoms with Gasteiger partial charge < -0.3 is 10.2 Å². The Morgan fingerprint density at radius 2 is 1.88 bits per heavy atom. The minimum atomic E-state index is 0.612. The van der Waals surface area contributed by atoms with Gasteiger partial charge in [0.2, 0.25) is 5.95 Å². The lowest BCUT2D eigenvalue weighted by molar-refractivity contribution is 0.758. The summed E-state index contributed by atoms with van der Waals surface area (Å²) in [5.74, 6) is 1.56. The van der Waals surface area contributed by atoms with E-state index in [1.54, 1.807) is 12.4 Å². The van der Waals surface area contributed by atoms with Crippen molar-refractivity contribution >= 4 is 17.5 Å². The van der Waals surface area contributed by atoms with Gasteiger partial charge in [-0.1, -0.05) is 24.3 Å². The van der Waals surface area contributed by atoms with Crippen LogP contribution in [0.2, 0.25) is 0 Å². The largest absolute Gasteiger partial charge is 0.349 e. The summed E-state index contributed by atoms with van der Waals surface area (Å²) >= 11 is 0. The number of benzene rings is 1. The second-order valence-electron chi connectivity index (χ2n) is 5.80. The van der Waals surface area contributed by atoms with Crippen LogP contribution in [0.5, 0.6) is 0 Å². The van der Waals surface area contributed by atoms with Crippen LogP contribution in [0.25, 0.3) is 0 Å². The summed E-state index contributed by atoms with van der Waals surface area (Å²) in [4.78, 5) is 15.6. The molecule has 0 unspecified atom stereocenters. The second kappa shape index (κ2) is 6.66. The van der Waals surface area contributed by atoms with Crippen LogP contribution >= 0.6 is 0 Å². The van der Waals surface area contributed by atoms with Crippen LogP contribution in [0.4, 0.5) is 17.5 Å². The topological polar surface area (TPSA) is 53.9 Å². The highest BCUT2D eigenvalue weighted by molar-refractivity contribution is 5.65. The van der Waals surface area contributed by atoms with Gasteiger partial charge in [0.05, 0.1) is 12.2 Å². The molecule has 1 N–H and O–H groups in total. The highest BCUT2D eigenvalue weighted by atomic mass is 15.2. The number of anilines is 3. The van der Waals surface area contributed by atoms with Gasteiger partial charge in [-0.3, -0.25) is 4.98 Å². The molecule has 3 aromatic rings. The Morgan fingerprint density at radius 3 is 2.79 bits per heavy atom. The van der Waals surface area contributed by atoms with Crippen molar-refractivity contribution in [1.29, 1.82) is 0 Å². The van der Waals surface area contributed by atoms with Crippen LogP contribution in [0.1, 0.15) is 17.7 Å². The molecule has 24 heavy (non-hydrogen) atoms. The van der Waals surface area contributed by atoms with Gasteiger partial charge in [-0.05, 0) is 42.7 Å². The van der Waals surface area contributed by atoms with E-state index in [4.69, 9.17) is 0 Å². The van der Waals surface area contributed by atoms with Gasteiger partial charge in [0.1, 0.15) is 5.82 Å². The highest BCUT2D eigenvalue weighted by Crippen LogP contribution is 2.32. The minimum absolute atomic E-state index is 0.612. The number of para-hydroxylation sites is 1. The van der Waals surface area contributed by atoms with Gasteiger partial charge >= 0.3 is 0 Å². The molecule has 3 heterocycles. The number of pyridine rings is 1. The third-order valence-electron chi connectivity index (χ3n) is 4.18. The third-order valence-corrected chi connectivity index (χ3v) is 4.18. The summed E-state index contributed by atoms with van der Waals surface area (Å²) < 4.78 is 0. The van der Waals surface area contributed by atoms with Gasteiger partial charge in [0, 0.05) is 24.6 Å². The summed E-state index contributed by atoms with van der Waals surface area (Å²) in [7, 11) is 0. The van der Waals surface area contributed by atoms with E-state index in [1.807, 2.05) is 24.3 Å². The number of hydrogen-bond acceptors (Lipinski definition) is 5. The quantitative estimate of drug-likeness (QED) is 0.797. The molecule has 2 aromatic heterocycles. The Morgan fingerprint density at radius 1 is 0.958 bits per heavy atom. The average molecular weight is 317 g/mol. The molecule has 0 fully saturated rings. The number of hydrogen-bond donors (Lipinski definition) is 1. The summed E-state index contributed by atoms with van der Waals surface area (Å²) in [6.07, 6.45) is 5.86. The van der Waals surface area contributed by atoms with Crippen molar-refractivity contribution in [2.45, 2.75) is 19.4 Å². The normalized spacial score (nSPS) is 13.4. The van der Waals surface area contributed by atoms with Gasteiger partial charge in [-0.15, -0.1) is 0 Å². The molecular formula is C19H19N5. The summed E-state index contributed by atoms with van der Waals surface area (Å²) in [6, 6.07) is 16.4. The molecule has 0 saturated heterocycles. The van der Waals surface area contributed by atoms with Crippen molar-refractivity contribution in [2.24, 2.45) is 0 Å². The summed E-state index contributed by atoms with van der Waals surface area (Å²) in [5.41, 5.74) is 3.60. The van der Waals surface area contributed by atoms with Crippen molar-refractivity contribution in [2.75, 3.05) is 16.8 Å². The molecule has 0 amide bonds. The first-order valence-electron chi connectivity index (χ1n) is 8.22. The molecule has 4 rings (SSSR count). The smallest absolute Gasteiger partial charge is 0.224 e. The monoisotopic (exact) mass is 317 g/mol. The molecule has 0 spiro atoms. The van der Waals surface area contributed by atoms with Crippen molar-refractivity contribution in [3.05, 3.63) is 72.2 Å². The van der Waals surface area contributed by atoms with E-state index < -0.39 is 0 Å². The number of aryl methyl sites for hydroxylation is 1. The van der Waals surface area contributed by atoms with E-state index in [2.05, 4.69) is 49.4 Å². The lowest BCUT2D eigenvalue weighted by atomic mass is 10.0. The fourth-order valence-electron chi connectivity index (χ4n) is 3.03. The van der Waals surface area contributed by atoms with E-state index in [1.165, 1.54) is 11.3 Å². The van der Waals surface area contributed by atoms with Crippen molar-refractivity contribution < 1.29 is 0 Å². The van der Waals surface area contributed by atoms with Gasteiger partial charge in [0.15, 0.2) is 0 Å². The van der Waals surface area contributed by atoms with Crippen molar-refractivity contribution in [3.63, 3.8) is 0 Å². The SMILES string of the molecule is c1ccc(CNc2nccc(N3CCCc4ccccc43)n2)nc1. The fraction of sp³-hybridized carbons (Fsp3) is 0.211. The van der Waals surface area contributed by atoms with Crippen molar-refractivity contribution in [3.8, 4) is 0 Å². The molecule has 1 aliphatic heterocycles. The third kappa shape index (κ3) is 3.06. The Balaban J connectivity index is 1.55. The van der Waals surface area contributed by atoms with Crippen LogP contribution < -0.4 is 10.2 Å². The Kier molecular flexibility index (Phi) is 4.06. The van der Waals surface area contributed by atoms with Crippen LogP contribution in [-0.4, -0.2) is 21.5 Å². The van der Waals surface area contributed by atoms with E-state index in [9.17, 15) is 0 Å². The van der Waals surface area contributed by atoms with E-state index in [-0.39, 0.29) is 0 Å². The molecule has 0 saturated carbocycles. The molecule has 0 bridgehead atoms. The predicted octanol–water partition coefficient (Wildman–Crippen LogP) is 3.57. The lowest BCUT2D eigenvalue weighted by Crippen LogP contribution is -2.25. The Bertz CT molecular complexity index is 819. The predicted molar refractivity (Wildman–Crippen MR) is 95.4 cm³/mol. The zero-order valence-electron chi connectivity index (χ0n) is 13.4. The molecule has 0 aliphatic carbocycles. The molecule has 5 heteroatoms. The Hall–Kier alpha value is -2.95. The lowest BCUT2D eigenvalue weighted by Gasteiger charge is -2.30. The van der Waals surface area contributed by atoms with Crippen LogP contribution in [0, 0.1) is 0 Å². The number of fused-ring (bicyclic) bond motifs is 1. The first-order valence-corrected chi connectivity index (χ1v) is 8.22. The second-order valence-corrected chi connectivity index (χ2v) is 5.80. The fourth-order valence-corrected chi connectivity index (χ4v) is 3.03. The van der Waals surface area contributed by atoms with Crippen LogP contribution in [0.3, 0.4) is 0 Å². The van der Waals surface area contributed by atoms with Crippen LogP contribution in [-0.2, 0) is 13.0 Å². The van der Waals surface area contributed by atoms with Gasteiger partial charge in [-0.25, -0.2) is 4.98 Å². The number of aromatic nitrogens is 3. The van der Waals surface area contributed by atoms with E-state index in [0.29, 0.717) is 12.5 Å². The number of nitrogens with one attached hydrogen (secondary N) is 1.